The highest BCUT2D eigenvalue weighted by Gasteiger charge is 2.30. The van der Waals surface area contributed by atoms with Gasteiger partial charge in [-0.15, -0.1) is 0 Å². The maximum Gasteiger partial charge on any atom is 0.324 e. The van der Waals surface area contributed by atoms with Gasteiger partial charge in [0.2, 0.25) is 10.0 Å². The number of carbonyl (C=O) groups excluding carboxylic acids is 3. The molecule has 0 radical (unpaired) electrons. The lowest BCUT2D eigenvalue weighted by Crippen LogP contribution is -2.47. The highest BCUT2D eigenvalue weighted by Crippen LogP contribution is 2.16. The van der Waals surface area contributed by atoms with Gasteiger partial charge < -0.3 is 10.1 Å². The van der Waals surface area contributed by atoms with E-state index in [0.29, 0.717) is 0 Å². The van der Waals surface area contributed by atoms with Gasteiger partial charge in [0.25, 0.3) is 5.91 Å². The van der Waals surface area contributed by atoms with Crippen molar-refractivity contribution in [1.82, 2.24) is 15.4 Å². The van der Waals surface area contributed by atoms with Crippen LogP contribution < -0.4 is 15.4 Å². The quantitative estimate of drug-likeness (QED) is 0.537. The van der Waals surface area contributed by atoms with Crippen LogP contribution in [-0.2, 0) is 24.3 Å². The minimum absolute atomic E-state index is 0.0298. The lowest BCUT2D eigenvalue weighted by Gasteiger charge is -2.21. The number of esters is 1. The van der Waals surface area contributed by atoms with Gasteiger partial charge in [-0.25, -0.2) is 13.2 Å². The van der Waals surface area contributed by atoms with Gasteiger partial charge in [0.05, 0.1) is 4.90 Å². The summed E-state index contributed by atoms with van der Waals surface area (Å²) in [6.07, 6.45) is 0. The summed E-state index contributed by atoms with van der Waals surface area (Å²) in [4.78, 5) is 35.6. The molecule has 9 nitrogen and oxygen atoms in total. The minimum atomic E-state index is -3.98. The second kappa shape index (κ2) is 10.4. The highest BCUT2D eigenvalue weighted by molar-refractivity contribution is 7.89. The first-order chi connectivity index (χ1) is 13.3. The molecule has 1 rings (SSSR count). The van der Waals surface area contributed by atoms with Gasteiger partial charge in [0, 0.05) is 6.04 Å². The zero-order chi connectivity index (χ0) is 22.4. The van der Waals surface area contributed by atoms with E-state index in [0.717, 1.165) is 11.1 Å². The van der Waals surface area contributed by atoms with Crippen molar-refractivity contribution in [3.63, 3.8) is 0 Å². The third kappa shape index (κ3) is 7.82. The standard InChI is InChI=1S/C19H29N3O6S/c1-11(2)17(18(24)28-10-16(23)21-19(25)20-12(3)4)22-29(26,27)15-8-7-13(5)14(6)9-15/h7-9,11-12,17,22H,10H2,1-6H3,(H2,20,21,23,25)/t17-/m1/s1. The number of amides is 3. The molecule has 10 heteroatoms. The fourth-order valence-corrected chi connectivity index (χ4v) is 3.68. The predicted molar refractivity (Wildman–Crippen MR) is 108 cm³/mol. The van der Waals surface area contributed by atoms with Crippen LogP contribution >= 0.6 is 0 Å². The predicted octanol–water partition coefficient (Wildman–Crippen LogP) is 1.38. The number of sulfonamides is 1. The van der Waals surface area contributed by atoms with Crippen molar-refractivity contribution in [3.05, 3.63) is 29.3 Å². The van der Waals surface area contributed by atoms with Crippen LogP contribution in [-0.4, -0.2) is 45.0 Å². The maximum absolute atomic E-state index is 12.7. The molecule has 0 spiro atoms. The molecule has 0 aliphatic heterocycles. The first-order valence-electron chi connectivity index (χ1n) is 9.20. The second-order valence-corrected chi connectivity index (χ2v) is 9.09. The topological polar surface area (TPSA) is 131 Å². The van der Waals surface area contributed by atoms with Gasteiger partial charge in [0.15, 0.2) is 6.61 Å². The molecule has 3 N–H and O–H groups in total. The molecule has 0 heterocycles. The van der Waals surface area contributed by atoms with Crippen molar-refractivity contribution < 1.29 is 27.5 Å². The molecule has 0 saturated heterocycles. The first kappa shape index (κ1) is 24.6. The Morgan fingerprint density at radius 3 is 2.17 bits per heavy atom. The first-order valence-corrected chi connectivity index (χ1v) is 10.7. The van der Waals surface area contributed by atoms with Crippen molar-refractivity contribution in [3.8, 4) is 0 Å². The van der Waals surface area contributed by atoms with E-state index in [1.54, 1.807) is 40.7 Å². The molecule has 0 fully saturated rings. The summed E-state index contributed by atoms with van der Waals surface area (Å²) < 4.78 is 32.5. The van der Waals surface area contributed by atoms with Crippen molar-refractivity contribution in [1.29, 1.82) is 0 Å². The number of carbonyl (C=O) groups is 3. The van der Waals surface area contributed by atoms with Gasteiger partial charge in [0.1, 0.15) is 6.04 Å². The number of hydrogen-bond donors (Lipinski definition) is 3. The third-order valence-corrected chi connectivity index (χ3v) is 5.45. The van der Waals surface area contributed by atoms with Crippen molar-refractivity contribution in [2.45, 2.75) is 58.5 Å². The number of urea groups is 1. The van der Waals surface area contributed by atoms with E-state index in [1.807, 2.05) is 12.2 Å². The van der Waals surface area contributed by atoms with Gasteiger partial charge >= 0.3 is 12.0 Å². The Balaban J connectivity index is 2.78. The lowest BCUT2D eigenvalue weighted by atomic mass is 10.1. The van der Waals surface area contributed by atoms with Crippen molar-refractivity contribution >= 4 is 27.9 Å². The second-order valence-electron chi connectivity index (χ2n) is 7.37. The molecule has 162 valence electrons. The van der Waals surface area contributed by atoms with Crippen LogP contribution in [0.5, 0.6) is 0 Å². The highest BCUT2D eigenvalue weighted by atomic mass is 32.2. The molecule has 1 aromatic carbocycles. The molecule has 29 heavy (non-hydrogen) atoms. The zero-order valence-corrected chi connectivity index (χ0v) is 18.3. The van der Waals surface area contributed by atoms with Crippen LogP contribution in [0, 0.1) is 19.8 Å². The number of nitrogens with one attached hydrogen (secondary N) is 3. The fraction of sp³-hybridized carbons (Fsp3) is 0.526. The molecule has 0 bridgehead atoms. The normalized spacial score (nSPS) is 12.6. The average Bonchev–Trinajstić information content (AvgIpc) is 2.58. The molecule has 3 amide bonds. The van der Waals surface area contributed by atoms with Crippen LogP contribution in [0.4, 0.5) is 4.79 Å². The summed E-state index contributed by atoms with van der Waals surface area (Å²) in [6, 6.07) is 2.57. The lowest BCUT2D eigenvalue weighted by molar-refractivity contribution is -0.150. The summed E-state index contributed by atoms with van der Waals surface area (Å²) in [6.45, 7) is 9.67. The Morgan fingerprint density at radius 2 is 1.66 bits per heavy atom. The molecule has 0 aliphatic rings. The summed E-state index contributed by atoms with van der Waals surface area (Å²) in [5.74, 6) is -2.17. The van der Waals surface area contributed by atoms with Crippen molar-refractivity contribution in [2.24, 2.45) is 5.92 Å². The molecule has 0 aromatic heterocycles. The number of aryl methyl sites for hydroxylation is 2. The summed E-state index contributed by atoms with van der Waals surface area (Å²) in [5.41, 5.74) is 1.74. The Morgan fingerprint density at radius 1 is 1.03 bits per heavy atom. The molecule has 1 atom stereocenters. The minimum Gasteiger partial charge on any atom is -0.454 e. The Hall–Kier alpha value is -2.46. The molecule has 0 aliphatic carbocycles. The smallest absolute Gasteiger partial charge is 0.324 e. The monoisotopic (exact) mass is 427 g/mol. The van der Waals surface area contributed by atoms with Gasteiger partial charge in [-0.1, -0.05) is 19.9 Å². The van der Waals surface area contributed by atoms with Gasteiger partial charge in [-0.2, -0.15) is 4.72 Å². The van der Waals surface area contributed by atoms with Gasteiger partial charge in [-0.05, 0) is 56.9 Å². The summed E-state index contributed by atoms with van der Waals surface area (Å²) in [7, 11) is -3.98. The van der Waals surface area contributed by atoms with Crippen LogP contribution in [0.1, 0.15) is 38.8 Å². The van der Waals surface area contributed by atoms with E-state index in [4.69, 9.17) is 4.74 Å². The average molecular weight is 428 g/mol. The van der Waals surface area contributed by atoms with Crippen LogP contribution in [0.2, 0.25) is 0 Å². The zero-order valence-electron chi connectivity index (χ0n) is 17.5. The van der Waals surface area contributed by atoms with Gasteiger partial charge in [-0.3, -0.25) is 14.9 Å². The number of ether oxygens (including phenoxy) is 1. The van der Waals surface area contributed by atoms with Crippen LogP contribution in [0.3, 0.4) is 0 Å². The van der Waals surface area contributed by atoms with E-state index in [-0.39, 0.29) is 10.9 Å². The summed E-state index contributed by atoms with van der Waals surface area (Å²) >= 11 is 0. The molecule has 1 aromatic rings. The molecule has 0 saturated carbocycles. The Bertz CT molecular complexity index is 865. The van der Waals surface area contributed by atoms with E-state index < -0.39 is 46.5 Å². The Labute approximate surface area is 171 Å². The van der Waals surface area contributed by atoms with Crippen LogP contribution in [0.15, 0.2) is 23.1 Å². The van der Waals surface area contributed by atoms with Crippen molar-refractivity contribution in [2.75, 3.05) is 6.61 Å². The number of benzene rings is 1. The molecular weight excluding hydrogens is 398 g/mol. The fourth-order valence-electron chi connectivity index (χ4n) is 2.26. The number of imide groups is 1. The van der Waals surface area contributed by atoms with Crippen LogP contribution in [0.25, 0.3) is 0 Å². The molecular formula is C19H29N3O6S. The summed E-state index contributed by atoms with van der Waals surface area (Å²) in [5, 5.41) is 4.47. The van der Waals surface area contributed by atoms with E-state index in [9.17, 15) is 22.8 Å². The SMILES string of the molecule is Cc1ccc(S(=O)(=O)N[C@@H](C(=O)OCC(=O)NC(=O)NC(C)C)C(C)C)cc1C. The number of rotatable bonds is 8. The maximum atomic E-state index is 12.7. The Kier molecular flexibility index (Phi) is 8.78. The van der Waals surface area contributed by atoms with E-state index in [1.165, 1.54) is 12.1 Å². The van der Waals surface area contributed by atoms with E-state index in [2.05, 4.69) is 10.0 Å². The molecule has 0 unspecified atom stereocenters. The largest absolute Gasteiger partial charge is 0.454 e. The number of hydrogen-bond acceptors (Lipinski definition) is 6. The third-order valence-electron chi connectivity index (χ3n) is 4.01. The van der Waals surface area contributed by atoms with E-state index >= 15 is 0 Å².